The van der Waals surface area contributed by atoms with Crippen LogP contribution in [0.5, 0.6) is 0 Å². The number of rotatable bonds is 2. The molecular formula is C12H16BrFN2. The van der Waals surface area contributed by atoms with Gasteiger partial charge in [-0.2, -0.15) is 0 Å². The maximum Gasteiger partial charge on any atom is 0.128 e. The average molecular weight is 287 g/mol. The van der Waals surface area contributed by atoms with Crippen molar-refractivity contribution in [1.29, 1.82) is 0 Å². The Morgan fingerprint density at radius 1 is 1.50 bits per heavy atom. The van der Waals surface area contributed by atoms with Gasteiger partial charge in [-0.05, 0) is 31.5 Å². The van der Waals surface area contributed by atoms with E-state index in [4.69, 9.17) is 5.73 Å². The Morgan fingerprint density at radius 2 is 2.31 bits per heavy atom. The molecule has 2 rings (SSSR count). The van der Waals surface area contributed by atoms with E-state index in [2.05, 4.69) is 20.8 Å². The number of hydrogen-bond donors (Lipinski definition) is 1. The van der Waals surface area contributed by atoms with Gasteiger partial charge in [-0.3, -0.25) is 4.90 Å². The first kappa shape index (κ1) is 12.0. The van der Waals surface area contributed by atoms with Crippen LogP contribution in [0.15, 0.2) is 22.7 Å². The summed E-state index contributed by atoms with van der Waals surface area (Å²) in [6.45, 7) is 2.51. The minimum Gasteiger partial charge on any atom is -0.327 e. The van der Waals surface area contributed by atoms with Gasteiger partial charge < -0.3 is 5.73 Å². The van der Waals surface area contributed by atoms with E-state index in [9.17, 15) is 4.39 Å². The lowest BCUT2D eigenvalue weighted by molar-refractivity contribution is 0.199. The van der Waals surface area contributed by atoms with Crippen molar-refractivity contribution in [3.8, 4) is 0 Å². The molecule has 0 aromatic heterocycles. The molecule has 0 bridgehead atoms. The molecule has 0 radical (unpaired) electrons. The third-order valence-electron chi connectivity index (χ3n) is 2.99. The summed E-state index contributed by atoms with van der Waals surface area (Å²) >= 11 is 3.39. The van der Waals surface area contributed by atoms with E-state index in [-0.39, 0.29) is 11.9 Å². The summed E-state index contributed by atoms with van der Waals surface area (Å²) in [5.74, 6) is -0.145. The molecule has 4 heteroatoms. The topological polar surface area (TPSA) is 29.3 Å². The number of hydrogen-bond acceptors (Lipinski definition) is 2. The molecule has 1 aliphatic rings. The van der Waals surface area contributed by atoms with Crippen LogP contribution in [0.4, 0.5) is 4.39 Å². The van der Waals surface area contributed by atoms with Crippen LogP contribution in [-0.2, 0) is 6.54 Å². The largest absolute Gasteiger partial charge is 0.327 e. The third-order valence-corrected chi connectivity index (χ3v) is 3.73. The van der Waals surface area contributed by atoms with Gasteiger partial charge in [0.05, 0.1) is 0 Å². The number of halogens is 2. The zero-order valence-electron chi connectivity index (χ0n) is 9.13. The Morgan fingerprint density at radius 3 is 3.00 bits per heavy atom. The summed E-state index contributed by atoms with van der Waals surface area (Å²) in [6, 6.07) is 5.33. The smallest absolute Gasteiger partial charge is 0.128 e. The molecule has 1 atom stereocenters. The Bertz CT molecular complexity index is 350. The lowest BCUT2D eigenvalue weighted by Crippen LogP contribution is -2.42. The SMILES string of the molecule is N[C@@H]1CCCN(Cc2c(F)cccc2Br)C1. The van der Waals surface area contributed by atoms with Gasteiger partial charge in [0, 0.05) is 29.2 Å². The molecule has 1 aliphatic heterocycles. The predicted molar refractivity (Wildman–Crippen MR) is 66.6 cm³/mol. The zero-order chi connectivity index (χ0) is 11.5. The molecule has 0 spiro atoms. The maximum absolute atomic E-state index is 13.6. The molecule has 0 amide bonds. The fourth-order valence-electron chi connectivity index (χ4n) is 2.14. The normalized spacial score (nSPS) is 22.3. The van der Waals surface area contributed by atoms with Crippen molar-refractivity contribution in [3.63, 3.8) is 0 Å². The molecule has 0 aliphatic carbocycles. The highest BCUT2D eigenvalue weighted by atomic mass is 79.9. The highest BCUT2D eigenvalue weighted by molar-refractivity contribution is 9.10. The van der Waals surface area contributed by atoms with Crippen molar-refractivity contribution in [1.82, 2.24) is 4.90 Å². The van der Waals surface area contributed by atoms with Crippen molar-refractivity contribution in [2.45, 2.75) is 25.4 Å². The van der Waals surface area contributed by atoms with Gasteiger partial charge in [0.2, 0.25) is 0 Å². The Hall–Kier alpha value is -0.450. The van der Waals surface area contributed by atoms with Crippen LogP contribution in [0.1, 0.15) is 18.4 Å². The molecule has 1 saturated heterocycles. The van der Waals surface area contributed by atoms with Gasteiger partial charge in [0.15, 0.2) is 0 Å². The minimum absolute atomic E-state index is 0.145. The molecule has 1 heterocycles. The molecule has 0 unspecified atom stereocenters. The summed E-state index contributed by atoms with van der Waals surface area (Å²) in [5, 5.41) is 0. The summed E-state index contributed by atoms with van der Waals surface area (Å²) in [6.07, 6.45) is 2.18. The quantitative estimate of drug-likeness (QED) is 0.905. The summed E-state index contributed by atoms with van der Waals surface area (Å²) < 4.78 is 14.5. The summed E-state index contributed by atoms with van der Waals surface area (Å²) in [4.78, 5) is 2.22. The average Bonchev–Trinajstić information content (AvgIpc) is 2.24. The van der Waals surface area contributed by atoms with Crippen molar-refractivity contribution >= 4 is 15.9 Å². The predicted octanol–water partition coefficient (Wildman–Crippen LogP) is 2.51. The summed E-state index contributed by atoms with van der Waals surface area (Å²) in [5.41, 5.74) is 6.64. The van der Waals surface area contributed by atoms with Crippen LogP contribution in [0.25, 0.3) is 0 Å². The molecule has 2 nitrogen and oxygen atoms in total. The number of benzene rings is 1. The van der Waals surface area contributed by atoms with Crippen molar-refractivity contribution in [2.75, 3.05) is 13.1 Å². The van der Waals surface area contributed by atoms with E-state index < -0.39 is 0 Å². The third kappa shape index (κ3) is 2.81. The van der Waals surface area contributed by atoms with Gasteiger partial charge in [0.1, 0.15) is 5.82 Å². The van der Waals surface area contributed by atoms with E-state index >= 15 is 0 Å². The van der Waals surface area contributed by atoms with Crippen LogP contribution >= 0.6 is 15.9 Å². The van der Waals surface area contributed by atoms with Gasteiger partial charge in [0.25, 0.3) is 0 Å². The number of likely N-dealkylation sites (tertiary alicyclic amines) is 1. The van der Waals surface area contributed by atoms with Crippen LogP contribution in [0, 0.1) is 5.82 Å². The van der Waals surface area contributed by atoms with Crippen LogP contribution < -0.4 is 5.73 Å². The fraction of sp³-hybridized carbons (Fsp3) is 0.500. The highest BCUT2D eigenvalue weighted by Gasteiger charge is 2.18. The molecule has 1 fully saturated rings. The van der Waals surface area contributed by atoms with E-state index in [0.29, 0.717) is 6.54 Å². The Labute approximate surface area is 104 Å². The maximum atomic E-state index is 13.6. The molecule has 16 heavy (non-hydrogen) atoms. The Kier molecular flexibility index (Phi) is 3.95. The molecule has 1 aromatic rings. The molecule has 0 saturated carbocycles. The van der Waals surface area contributed by atoms with E-state index in [1.165, 1.54) is 6.07 Å². The Balaban J connectivity index is 2.08. The van der Waals surface area contributed by atoms with Gasteiger partial charge >= 0.3 is 0 Å². The molecule has 88 valence electrons. The van der Waals surface area contributed by atoms with Crippen LogP contribution in [0.3, 0.4) is 0 Å². The van der Waals surface area contributed by atoms with Crippen molar-refractivity contribution in [2.24, 2.45) is 5.73 Å². The monoisotopic (exact) mass is 286 g/mol. The first-order chi connectivity index (χ1) is 7.66. The van der Waals surface area contributed by atoms with Crippen molar-refractivity contribution in [3.05, 3.63) is 34.1 Å². The lowest BCUT2D eigenvalue weighted by Gasteiger charge is -2.30. The number of piperidine rings is 1. The van der Waals surface area contributed by atoms with Gasteiger partial charge in [-0.1, -0.05) is 22.0 Å². The first-order valence-corrected chi connectivity index (χ1v) is 6.37. The van der Waals surface area contributed by atoms with Gasteiger partial charge in [-0.15, -0.1) is 0 Å². The summed E-state index contributed by atoms with van der Waals surface area (Å²) in [7, 11) is 0. The first-order valence-electron chi connectivity index (χ1n) is 5.57. The van der Waals surface area contributed by atoms with Crippen LogP contribution in [0.2, 0.25) is 0 Å². The molecule has 1 aromatic carbocycles. The van der Waals surface area contributed by atoms with E-state index in [1.807, 2.05) is 6.07 Å². The second-order valence-electron chi connectivity index (χ2n) is 4.34. The fourth-order valence-corrected chi connectivity index (χ4v) is 2.61. The zero-order valence-corrected chi connectivity index (χ0v) is 10.7. The highest BCUT2D eigenvalue weighted by Crippen LogP contribution is 2.22. The van der Waals surface area contributed by atoms with Crippen molar-refractivity contribution < 1.29 is 4.39 Å². The number of nitrogens with zero attached hydrogens (tertiary/aromatic N) is 1. The molecular weight excluding hydrogens is 271 g/mol. The minimum atomic E-state index is -0.145. The van der Waals surface area contributed by atoms with E-state index in [1.54, 1.807) is 6.07 Å². The standard InChI is InChI=1S/C12H16BrFN2/c13-11-4-1-5-12(14)10(11)8-16-6-2-3-9(15)7-16/h1,4-5,9H,2-3,6-8,15H2/t9-/m1/s1. The second-order valence-corrected chi connectivity index (χ2v) is 5.19. The molecule has 2 N–H and O–H groups in total. The van der Waals surface area contributed by atoms with Gasteiger partial charge in [-0.25, -0.2) is 4.39 Å². The van der Waals surface area contributed by atoms with E-state index in [0.717, 1.165) is 36.0 Å². The number of nitrogens with two attached hydrogens (primary N) is 1. The second kappa shape index (κ2) is 5.25. The lowest BCUT2D eigenvalue weighted by atomic mass is 10.1. The van der Waals surface area contributed by atoms with Crippen LogP contribution in [-0.4, -0.2) is 24.0 Å².